The van der Waals surface area contributed by atoms with Gasteiger partial charge in [-0.25, -0.2) is 0 Å². The first kappa shape index (κ1) is 12.1. The molecule has 0 saturated carbocycles. The largest absolute Gasteiger partial charge is 0.198 e. The van der Waals surface area contributed by atoms with Crippen LogP contribution in [-0.4, -0.2) is 5.75 Å². The number of rotatable bonds is 4. The fraction of sp³-hybridized carbons (Fsp3) is 0.462. The zero-order valence-corrected chi connectivity index (χ0v) is 10.4. The number of hydrogen-bond acceptors (Lipinski definition) is 2. The Bertz CT molecular complexity index is 365. The average Bonchev–Trinajstić information content (AvgIpc) is 2.25. The molecule has 1 aromatic rings. The minimum atomic E-state index is 0.176. The van der Waals surface area contributed by atoms with E-state index < -0.39 is 0 Å². The highest BCUT2D eigenvalue weighted by molar-refractivity contribution is 7.99. The van der Waals surface area contributed by atoms with Gasteiger partial charge in [0, 0.05) is 10.6 Å². The van der Waals surface area contributed by atoms with Gasteiger partial charge in [0.25, 0.3) is 0 Å². The minimum Gasteiger partial charge on any atom is -0.198 e. The Morgan fingerprint density at radius 3 is 2.73 bits per heavy atom. The van der Waals surface area contributed by atoms with Gasteiger partial charge in [0.2, 0.25) is 0 Å². The van der Waals surface area contributed by atoms with Crippen LogP contribution in [0.25, 0.3) is 0 Å². The number of hydrogen-bond donors (Lipinski definition) is 0. The Morgan fingerprint density at radius 1 is 1.40 bits per heavy atom. The Kier molecular flexibility index (Phi) is 4.71. The van der Waals surface area contributed by atoms with Crippen LogP contribution >= 0.6 is 11.8 Å². The Labute approximate surface area is 96.5 Å². The molecule has 1 atom stereocenters. The van der Waals surface area contributed by atoms with E-state index in [0.29, 0.717) is 0 Å². The van der Waals surface area contributed by atoms with Crippen molar-refractivity contribution in [2.45, 2.75) is 32.1 Å². The van der Waals surface area contributed by atoms with Crippen LogP contribution in [0.1, 0.15) is 24.5 Å². The van der Waals surface area contributed by atoms with E-state index >= 15 is 0 Å². The summed E-state index contributed by atoms with van der Waals surface area (Å²) in [6, 6.07) is 8.68. The van der Waals surface area contributed by atoms with E-state index in [4.69, 9.17) is 5.26 Å². The van der Waals surface area contributed by atoms with Crippen LogP contribution in [0.4, 0.5) is 0 Å². The third-order valence-corrected chi connectivity index (χ3v) is 3.99. The second-order valence-electron chi connectivity index (χ2n) is 3.74. The molecule has 2 heteroatoms. The van der Waals surface area contributed by atoms with E-state index in [-0.39, 0.29) is 5.92 Å². The Balaban J connectivity index is 2.66. The molecule has 0 bridgehead atoms. The van der Waals surface area contributed by atoms with Gasteiger partial charge in [-0.15, -0.1) is 11.8 Å². The van der Waals surface area contributed by atoms with Crippen molar-refractivity contribution in [3.05, 3.63) is 29.3 Å². The van der Waals surface area contributed by atoms with Crippen LogP contribution in [0.5, 0.6) is 0 Å². The molecule has 0 spiro atoms. The van der Waals surface area contributed by atoms with Gasteiger partial charge < -0.3 is 0 Å². The van der Waals surface area contributed by atoms with Crippen LogP contribution in [-0.2, 0) is 0 Å². The predicted octanol–water partition coefficient (Wildman–Crippen LogP) is 3.95. The molecule has 0 fully saturated rings. The number of nitriles is 1. The van der Waals surface area contributed by atoms with Crippen molar-refractivity contribution in [2.75, 3.05) is 5.75 Å². The predicted molar refractivity (Wildman–Crippen MR) is 66.0 cm³/mol. The van der Waals surface area contributed by atoms with Crippen molar-refractivity contribution in [3.63, 3.8) is 0 Å². The molecule has 1 aromatic carbocycles. The topological polar surface area (TPSA) is 23.8 Å². The zero-order valence-electron chi connectivity index (χ0n) is 9.58. The van der Waals surface area contributed by atoms with Gasteiger partial charge in [-0.1, -0.05) is 19.1 Å². The Hall–Kier alpha value is -0.940. The lowest BCUT2D eigenvalue weighted by atomic mass is 10.1. The quantitative estimate of drug-likeness (QED) is 0.716. The molecule has 0 saturated heterocycles. The highest BCUT2D eigenvalue weighted by Gasteiger charge is 2.07. The van der Waals surface area contributed by atoms with Crippen molar-refractivity contribution in [1.29, 1.82) is 5.26 Å². The standard InChI is InChI=1S/C13H17NS/c1-4-12(8-14)9-15-13-7-5-6-10(2)11(13)3/h5-7,12H,4,9H2,1-3H3. The van der Waals surface area contributed by atoms with Crippen LogP contribution in [0.2, 0.25) is 0 Å². The summed E-state index contributed by atoms with van der Waals surface area (Å²) in [4.78, 5) is 1.31. The minimum absolute atomic E-state index is 0.176. The number of aryl methyl sites for hydroxylation is 1. The highest BCUT2D eigenvalue weighted by Crippen LogP contribution is 2.26. The summed E-state index contributed by atoms with van der Waals surface area (Å²) >= 11 is 1.80. The molecule has 0 aliphatic carbocycles. The third kappa shape index (κ3) is 3.28. The zero-order chi connectivity index (χ0) is 11.3. The molecule has 1 rings (SSSR count). The molecule has 80 valence electrons. The van der Waals surface area contributed by atoms with E-state index in [1.54, 1.807) is 11.8 Å². The Morgan fingerprint density at radius 2 is 2.13 bits per heavy atom. The first-order valence-corrected chi connectivity index (χ1v) is 6.26. The third-order valence-electron chi connectivity index (χ3n) is 2.67. The van der Waals surface area contributed by atoms with E-state index in [2.05, 4.69) is 45.0 Å². The van der Waals surface area contributed by atoms with Gasteiger partial charge in [0.1, 0.15) is 0 Å². The molecule has 0 N–H and O–H groups in total. The summed E-state index contributed by atoms with van der Waals surface area (Å²) in [5.41, 5.74) is 2.67. The van der Waals surface area contributed by atoms with Gasteiger partial charge >= 0.3 is 0 Å². The van der Waals surface area contributed by atoms with Gasteiger partial charge in [0.05, 0.1) is 12.0 Å². The van der Waals surface area contributed by atoms with Gasteiger partial charge in [-0.05, 0) is 37.5 Å². The molecule has 0 radical (unpaired) electrons. The fourth-order valence-electron chi connectivity index (χ4n) is 1.32. The first-order valence-electron chi connectivity index (χ1n) is 5.27. The summed E-state index contributed by atoms with van der Waals surface area (Å²) < 4.78 is 0. The normalized spacial score (nSPS) is 12.1. The highest BCUT2D eigenvalue weighted by atomic mass is 32.2. The molecule has 1 unspecified atom stereocenters. The van der Waals surface area contributed by atoms with Crippen molar-refractivity contribution in [1.82, 2.24) is 0 Å². The summed E-state index contributed by atoms with van der Waals surface area (Å²) in [5.74, 6) is 1.08. The van der Waals surface area contributed by atoms with Crippen molar-refractivity contribution in [2.24, 2.45) is 5.92 Å². The monoisotopic (exact) mass is 219 g/mol. The average molecular weight is 219 g/mol. The van der Waals surface area contributed by atoms with Crippen LogP contribution < -0.4 is 0 Å². The molecule has 0 heterocycles. The molecular weight excluding hydrogens is 202 g/mol. The number of benzene rings is 1. The maximum atomic E-state index is 8.86. The fourth-order valence-corrected chi connectivity index (χ4v) is 2.56. The molecule has 0 amide bonds. The van der Waals surface area contributed by atoms with Crippen molar-refractivity contribution in [3.8, 4) is 6.07 Å². The van der Waals surface area contributed by atoms with Gasteiger partial charge in [0.15, 0.2) is 0 Å². The van der Waals surface area contributed by atoms with E-state index in [1.165, 1.54) is 16.0 Å². The molecule has 0 aliphatic heterocycles. The number of thioether (sulfide) groups is 1. The maximum Gasteiger partial charge on any atom is 0.0664 e. The molecule has 15 heavy (non-hydrogen) atoms. The van der Waals surface area contributed by atoms with E-state index in [9.17, 15) is 0 Å². The van der Waals surface area contributed by atoms with Crippen LogP contribution in [0, 0.1) is 31.1 Å². The summed E-state index contributed by atoms with van der Waals surface area (Å²) in [6.07, 6.45) is 0.939. The lowest BCUT2D eigenvalue weighted by Gasteiger charge is -2.09. The summed E-state index contributed by atoms with van der Waals surface area (Å²) in [5, 5.41) is 8.86. The molecule has 0 aliphatic rings. The molecular formula is C13H17NS. The van der Waals surface area contributed by atoms with E-state index in [1.807, 2.05) is 0 Å². The first-order chi connectivity index (χ1) is 7.19. The van der Waals surface area contributed by atoms with Crippen molar-refractivity contribution >= 4 is 11.8 Å². The second kappa shape index (κ2) is 5.82. The van der Waals surface area contributed by atoms with Crippen molar-refractivity contribution < 1.29 is 0 Å². The smallest absolute Gasteiger partial charge is 0.0664 e. The lowest BCUT2D eigenvalue weighted by Crippen LogP contribution is -1.98. The van der Waals surface area contributed by atoms with Gasteiger partial charge in [-0.3, -0.25) is 0 Å². The lowest BCUT2D eigenvalue weighted by molar-refractivity contribution is 0.724. The molecule has 0 aromatic heterocycles. The SMILES string of the molecule is CCC(C#N)CSc1cccc(C)c1C. The van der Waals surface area contributed by atoms with Crippen LogP contribution in [0.15, 0.2) is 23.1 Å². The van der Waals surface area contributed by atoms with Crippen LogP contribution in [0.3, 0.4) is 0 Å². The second-order valence-corrected chi connectivity index (χ2v) is 4.81. The van der Waals surface area contributed by atoms with E-state index in [0.717, 1.165) is 12.2 Å². The molecule has 1 nitrogen and oxygen atoms in total. The summed E-state index contributed by atoms with van der Waals surface area (Å²) in [7, 11) is 0. The summed E-state index contributed by atoms with van der Waals surface area (Å²) in [6.45, 7) is 6.34. The number of nitrogens with zero attached hydrogens (tertiary/aromatic N) is 1. The van der Waals surface area contributed by atoms with Gasteiger partial charge in [-0.2, -0.15) is 5.26 Å². The maximum absolute atomic E-state index is 8.86.